The molecule has 0 bridgehead atoms. The standard InChI is InChI=1S/C17H28N4O2S/c1-23-12-5-16(22)20-8-10-21(11-9-20)17-18-15(14-24-17)13-19-6-3-2-4-7-19/h14H,2-13H2,1H3. The Hall–Kier alpha value is -1.18. The smallest absolute Gasteiger partial charge is 0.225 e. The lowest BCUT2D eigenvalue weighted by molar-refractivity contribution is -0.132. The van der Waals surface area contributed by atoms with E-state index in [0.717, 1.165) is 37.9 Å². The topological polar surface area (TPSA) is 48.9 Å². The number of amides is 1. The van der Waals surface area contributed by atoms with Crippen molar-refractivity contribution in [3.05, 3.63) is 11.1 Å². The monoisotopic (exact) mass is 352 g/mol. The molecule has 0 aromatic carbocycles. The summed E-state index contributed by atoms with van der Waals surface area (Å²) < 4.78 is 4.99. The van der Waals surface area contributed by atoms with E-state index in [1.165, 1.54) is 38.0 Å². The fourth-order valence-corrected chi connectivity index (χ4v) is 4.23. The molecule has 0 radical (unpaired) electrons. The van der Waals surface area contributed by atoms with Crippen LogP contribution in [0.4, 0.5) is 5.13 Å². The molecule has 7 heteroatoms. The third kappa shape index (κ3) is 4.68. The second-order valence-electron chi connectivity index (χ2n) is 6.57. The Labute approximate surface area is 148 Å². The minimum atomic E-state index is 0.196. The largest absolute Gasteiger partial charge is 0.384 e. The SMILES string of the molecule is COCCC(=O)N1CCN(c2nc(CN3CCCCC3)cs2)CC1. The molecule has 0 spiro atoms. The van der Waals surface area contributed by atoms with Crippen LogP contribution < -0.4 is 4.90 Å². The molecule has 2 saturated heterocycles. The third-order valence-corrected chi connectivity index (χ3v) is 5.75. The molecule has 134 valence electrons. The average Bonchev–Trinajstić information content (AvgIpc) is 3.09. The van der Waals surface area contributed by atoms with Gasteiger partial charge in [0.2, 0.25) is 5.91 Å². The first kappa shape index (κ1) is 17.6. The number of ether oxygens (including phenoxy) is 1. The van der Waals surface area contributed by atoms with E-state index in [0.29, 0.717) is 13.0 Å². The Morgan fingerprint density at radius 2 is 1.92 bits per heavy atom. The number of nitrogens with zero attached hydrogens (tertiary/aromatic N) is 4. The first-order valence-corrected chi connectivity index (χ1v) is 9.82. The van der Waals surface area contributed by atoms with Gasteiger partial charge in [-0.1, -0.05) is 6.42 Å². The molecular weight excluding hydrogens is 324 g/mol. The lowest BCUT2D eigenvalue weighted by atomic mass is 10.1. The molecule has 2 fully saturated rings. The van der Waals surface area contributed by atoms with Crippen LogP contribution in [0.5, 0.6) is 0 Å². The molecule has 0 unspecified atom stereocenters. The second kappa shape index (κ2) is 8.78. The number of rotatable bonds is 6. The zero-order valence-corrected chi connectivity index (χ0v) is 15.4. The maximum Gasteiger partial charge on any atom is 0.225 e. The number of hydrogen-bond donors (Lipinski definition) is 0. The molecule has 0 N–H and O–H groups in total. The molecule has 6 nitrogen and oxygen atoms in total. The van der Waals surface area contributed by atoms with Crippen molar-refractivity contribution in [2.75, 3.05) is 57.9 Å². The Morgan fingerprint density at radius 3 is 2.62 bits per heavy atom. The van der Waals surface area contributed by atoms with Crippen molar-refractivity contribution in [1.29, 1.82) is 0 Å². The van der Waals surface area contributed by atoms with Crippen molar-refractivity contribution in [2.45, 2.75) is 32.2 Å². The van der Waals surface area contributed by atoms with Crippen LogP contribution in [0.25, 0.3) is 0 Å². The number of carbonyl (C=O) groups is 1. The molecule has 3 heterocycles. The number of methoxy groups -OCH3 is 1. The van der Waals surface area contributed by atoms with Gasteiger partial charge in [-0.3, -0.25) is 9.69 Å². The number of carbonyl (C=O) groups excluding carboxylic acids is 1. The minimum Gasteiger partial charge on any atom is -0.384 e. The van der Waals surface area contributed by atoms with E-state index in [2.05, 4.69) is 15.2 Å². The van der Waals surface area contributed by atoms with Crippen LogP contribution in [0.3, 0.4) is 0 Å². The van der Waals surface area contributed by atoms with Gasteiger partial charge in [0, 0.05) is 45.2 Å². The zero-order chi connectivity index (χ0) is 16.8. The van der Waals surface area contributed by atoms with Crippen LogP contribution in [0.1, 0.15) is 31.4 Å². The molecule has 24 heavy (non-hydrogen) atoms. The van der Waals surface area contributed by atoms with E-state index < -0.39 is 0 Å². The number of thiazole rings is 1. The van der Waals surface area contributed by atoms with Gasteiger partial charge < -0.3 is 14.5 Å². The van der Waals surface area contributed by atoms with Gasteiger partial charge in [-0.15, -0.1) is 11.3 Å². The van der Waals surface area contributed by atoms with Crippen LogP contribution in [-0.4, -0.2) is 73.7 Å². The van der Waals surface area contributed by atoms with E-state index in [1.54, 1.807) is 18.4 Å². The number of hydrogen-bond acceptors (Lipinski definition) is 6. The third-order valence-electron chi connectivity index (χ3n) is 4.80. The normalized spacial score (nSPS) is 19.7. The summed E-state index contributed by atoms with van der Waals surface area (Å²) in [7, 11) is 1.63. The molecular formula is C17H28N4O2S. The summed E-state index contributed by atoms with van der Waals surface area (Å²) in [5.74, 6) is 0.196. The van der Waals surface area contributed by atoms with Crippen LogP contribution in [0.2, 0.25) is 0 Å². The summed E-state index contributed by atoms with van der Waals surface area (Å²) in [5, 5.41) is 3.30. The minimum absolute atomic E-state index is 0.196. The summed E-state index contributed by atoms with van der Waals surface area (Å²) >= 11 is 1.73. The molecule has 0 saturated carbocycles. The summed E-state index contributed by atoms with van der Waals surface area (Å²) in [6, 6.07) is 0. The fourth-order valence-electron chi connectivity index (χ4n) is 3.36. The molecule has 2 aliphatic rings. The molecule has 0 atom stereocenters. The first-order valence-electron chi connectivity index (χ1n) is 8.94. The fraction of sp³-hybridized carbons (Fsp3) is 0.765. The number of aromatic nitrogens is 1. The van der Waals surface area contributed by atoms with Gasteiger partial charge in [-0.05, 0) is 25.9 Å². The summed E-state index contributed by atoms with van der Waals surface area (Å²) in [5.41, 5.74) is 1.19. The lowest BCUT2D eigenvalue weighted by Gasteiger charge is -2.34. The maximum atomic E-state index is 12.0. The highest BCUT2D eigenvalue weighted by Crippen LogP contribution is 2.23. The van der Waals surface area contributed by atoms with E-state index in [1.807, 2.05) is 4.90 Å². The Bertz CT molecular complexity index is 522. The van der Waals surface area contributed by atoms with Crippen LogP contribution in [-0.2, 0) is 16.1 Å². The molecule has 2 aliphatic heterocycles. The highest BCUT2D eigenvalue weighted by atomic mass is 32.1. The van der Waals surface area contributed by atoms with Crippen molar-refractivity contribution in [2.24, 2.45) is 0 Å². The van der Waals surface area contributed by atoms with Gasteiger partial charge in [0.1, 0.15) is 0 Å². The predicted octanol–water partition coefficient (Wildman–Crippen LogP) is 1.81. The van der Waals surface area contributed by atoms with E-state index in [4.69, 9.17) is 9.72 Å². The first-order chi connectivity index (χ1) is 11.8. The van der Waals surface area contributed by atoms with Crippen molar-refractivity contribution < 1.29 is 9.53 Å². The number of piperazine rings is 1. The van der Waals surface area contributed by atoms with Crippen LogP contribution >= 0.6 is 11.3 Å². The Morgan fingerprint density at radius 1 is 1.17 bits per heavy atom. The number of piperidine rings is 1. The predicted molar refractivity (Wildman–Crippen MR) is 96.5 cm³/mol. The molecule has 1 aromatic heterocycles. The van der Waals surface area contributed by atoms with Crippen LogP contribution in [0.15, 0.2) is 5.38 Å². The number of likely N-dealkylation sites (tertiary alicyclic amines) is 1. The van der Waals surface area contributed by atoms with Gasteiger partial charge in [0.15, 0.2) is 5.13 Å². The molecule has 1 amide bonds. The highest BCUT2D eigenvalue weighted by Gasteiger charge is 2.23. The van der Waals surface area contributed by atoms with E-state index >= 15 is 0 Å². The summed E-state index contributed by atoms with van der Waals surface area (Å²) in [6.45, 7) is 7.19. The van der Waals surface area contributed by atoms with Crippen molar-refractivity contribution in [3.63, 3.8) is 0 Å². The lowest BCUT2D eigenvalue weighted by Crippen LogP contribution is -2.49. The molecule has 0 aliphatic carbocycles. The van der Waals surface area contributed by atoms with Gasteiger partial charge in [-0.2, -0.15) is 0 Å². The van der Waals surface area contributed by atoms with E-state index in [-0.39, 0.29) is 5.91 Å². The van der Waals surface area contributed by atoms with Crippen LogP contribution in [0, 0.1) is 0 Å². The Balaban J connectivity index is 1.47. The molecule has 1 aromatic rings. The second-order valence-corrected chi connectivity index (χ2v) is 7.41. The van der Waals surface area contributed by atoms with Gasteiger partial charge in [-0.25, -0.2) is 4.98 Å². The summed E-state index contributed by atoms with van der Waals surface area (Å²) in [6.07, 6.45) is 4.48. The zero-order valence-electron chi connectivity index (χ0n) is 14.6. The number of anilines is 1. The van der Waals surface area contributed by atoms with Gasteiger partial charge in [0.25, 0.3) is 0 Å². The highest BCUT2D eigenvalue weighted by molar-refractivity contribution is 7.13. The van der Waals surface area contributed by atoms with Crippen molar-refractivity contribution in [1.82, 2.24) is 14.8 Å². The van der Waals surface area contributed by atoms with Gasteiger partial charge in [0.05, 0.1) is 18.7 Å². The molecule has 3 rings (SSSR count). The van der Waals surface area contributed by atoms with Crippen molar-refractivity contribution in [3.8, 4) is 0 Å². The van der Waals surface area contributed by atoms with Gasteiger partial charge >= 0.3 is 0 Å². The van der Waals surface area contributed by atoms with Crippen molar-refractivity contribution >= 4 is 22.4 Å². The summed E-state index contributed by atoms with van der Waals surface area (Å²) in [4.78, 5) is 23.6. The average molecular weight is 353 g/mol. The quantitative estimate of drug-likeness (QED) is 0.782. The van der Waals surface area contributed by atoms with E-state index in [9.17, 15) is 4.79 Å². The maximum absolute atomic E-state index is 12.0. The Kier molecular flexibility index (Phi) is 6.45.